The summed E-state index contributed by atoms with van der Waals surface area (Å²) in [6.45, 7) is 7.34. The van der Waals surface area contributed by atoms with E-state index in [4.69, 9.17) is 16.3 Å². The predicted molar refractivity (Wildman–Crippen MR) is 136 cm³/mol. The lowest BCUT2D eigenvalue weighted by molar-refractivity contribution is -0.0630. The molecule has 1 aromatic rings. The number of hydrogen-bond acceptors (Lipinski definition) is 5. The summed E-state index contributed by atoms with van der Waals surface area (Å²) in [5.74, 6) is 1.16. The van der Waals surface area contributed by atoms with E-state index in [1.165, 1.54) is 7.11 Å². The van der Waals surface area contributed by atoms with Crippen LogP contribution in [0.4, 0.5) is 9.59 Å². The molecule has 0 radical (unpaired) electrons. The van der Waals surface area contributed by atoms with Crippen LogP contribution in [0.1, 0.15) is 51.2 Å². The summed E-state index contributed by atoms with van der Waals surface area (Å²) in [7, 11) is 1.32. The Balaban J connectivity index is 1.93. The van der Waals surface area contributed by atoms with Crippen LogP contribution in [0.5, 0.6) is 0 Å². The highest BCUT2D eigenvalue weighted by molar-refractivity contribution is 6.30. The Kier molecular flexibility index (Phi) is 10.5. The molecule has 196 valence electrons. The van der Waals surface area contributed by atoms with Crippen LogP contribution >= 0.6 is 11.6 Å². The van der Waals surface area contributed by atoms with Gasteiger partial charge in [0.25, 0.3) is 0 Å². The van der Waals surface area contributed by atoms with Crippen LogP contribution in [0.25, 0.3) is 0 Å². The number of likely N-dealkylation sites (tertiary alicyclic amines) is 1. The van der Waals surface area contributed by atoms with Crippen molar-refractivity contribution in [3.8, 4) is 0 Å². The molecule has 2 amide bonds. The number of benzene rings is 1. The summed E-state index contributed by atoms with van der Waals surface area (Å²) < 4.78 is 11.1. The highest BCUT2D eigenvalue weighted by atomic mass is 35.5. The molecule has 2 fully saturated rings. The molecule has 3 N–H and O–H groups in total. The second-order valence-electron chi connectivity index (χ2n) is 10.1. The summed E-state index contributed by atoms with van der Waals surface area (Å²) in [6.07, 6.45) is 2.04. The lowest BCUT2D eigenvalue weighted by atomic mass is 9.69. The molecule has 1 aromatic carbocycles. The molecule has 0 aromatic heterocycles. The molecule has 0 spiro atoms. The Hall–Kier alpha value is -2.03. The van der Waals surface area contributed by atoms with Crippen LogP contribution in [0.15, 0.2) is 24.3 Å². The van der Waals surface area contributed by atoms with Gasteiger partial charge < -0.3 is 30.1 Å². The third kappa shape index (κ3) is 7.48. The van der Waals surface area contributed by atoms with Gasteiger partial charge in [0, 0.05) is 36.6 Å². The molecule has 2 heterocycles. The highest BCUT2D eigenvalue weighted by Gasteiger charge is 2.46. The Morgan fingerprint density at radius 1 is 1.31 bits per heavy atom. The SMILES string of the molecule is COC(=O)NCCO[C@@H](c1cccc(Cl)c1)C1CCCN(C(=O)O)C1[C@@H]1CNCC[C@H]1CC(C)C. The molecule has 8 nitrogen and oxygen atoms in total. The number of carbonyl (C=O) groups is 2. The number of nitrogens with zero attached hydrogens (tertiary/aromatic N) is 1. The van der Waals surface area contributed by atoms with E-state index in [2.05, 4.69) is 29.2 Å². The molecule has 2 aliphatic heterocycles. The van der Waals surface area contributed by atoms with Crippen molar-refractivity contribution in [1.29, 1.82) is 0 Å². The minimum atomic E-state index is -0.870. The van der Waals surface area contributed by atoms with E-state index in [1.54, 1.807) is 4.90 Å². The number of carboxylic acid groups (broad SMARTS) is 1. The van der Waals surface area contributed by atoms with Gasteiger partial charge in [-0.05, 0) is 67.7 Å². The molecule has 0 aliphatic carbocycles. The van der Waals surface area contributed by atoms with Crippen LogP contribution < -0.4 is 10.6 Å². The van der Waals surface area contributed by atoms with E-state index in [1.807, 2.05) is 24.3 Å². The Morgan fingerprint density at radius 3 is 2.80 bits per heavy atom. The number of hydrogen-bond donors (Lipinski definition) is 3. The smallest absolute Gasteiger partial charge is 0.407 e. The fraction of sp³-hybridized carbons (Fsp3) is 0.692. The second kappa shape index (κ2) is 13.3. The number of carbonyl (C=O) groups excluding carboxylic acids is 1. The number of amides is 2. The van der Waals surface area contributed by atoms with E-state index >= 15 is 0 Å². The van der Waals surface area contributed by atoms with Gasteiger partial charge in [-0.1, -0.05) is 37.6 Å². The van der Waals surface area contributed by atoms with Crippen molar-refractivity contribution >= 4 is 23.8 Å². The monoisotopic (exact) mass is 509 g/mol. The largest absolute Gasteiger partial charge is 0.465 e. The zero-order chi connectivity index (χ0) is 25.4. The number of methoxy groups -OCH3 is 1. The zero-order valence-electron chi connectivity index (χ0n) is 21.0. The topological polar surface area (TPSA) is 100 Å². The van der Waals surface area contributed by atoms with E-state index in [0.29, 0.717) is 29.9 Å². The fourth-order valence-corrected chi connectivity index (χ4v) is 6.15. The summed E-state index contributed by atoms with van der Waals surface area (Å²) in [5.41, 5.74) is 0.932. The van der Waals surface area contributed by atoms with Gasteiger partial charge in [0.1, 0.15) is 0 Å². The fourth-order valence-electron chi connectivity index (χ4n) is 5.95. The molecule has 5 atom stereocenters. The average molecular weight is 510 g/mol. The summed E-state index contributed by atoms with van der Waals surface area (Å²) >= 11 is 6.35. The average Bonchev–Trinajstić information content (AvgIpc) is 2.83. The first-order valence-electron chi connectivity index (χ1n) is 12.7. The lowest BCUT2D eigenvalue weighted by Gasteiger charge is -2.50. The number of rotatable bonds is 9. The van der Waals surface area contributed by atoms with Crippen LogP contribution in [0.2, 0.25) is 5.02 Å². The minimum Gasteiger partial charge on any atom is -0.465 e. The quantitative estimate of drug-likeness (QED) is 0.414. The number of halogens is 1. The second-order valence-corrected chi connectivity index (χ2v) is 10.5. The van der Waals surface area contributed by atoms with Crippen molar-refractivity contribution in [1.82, 2.24) is 15.5 Å². The van der Waals surface area contributed by atoms with Gasteiger partial charge >= 0.3 is 12.2 Å². The molecule has 2 unspecified atom stereocenters. The minimum absolute atomic E-state index is 0.0315. The van der Waals surface area contributed by atoms with Gasteiger partial charge in [0.05, 0.1) is 19.8 Å². The summed E-state index contributed by atoms with van der Waals surface area (Å²) in [5, 5.41) is 17.0. The van der Waals surface area contributed by atoms with E-state index in [9.17, 15) is 14.7 Å². The van der Waals surface area contributed by atoms with Crippen molar-refractivity contribution in [2.75, 3.05) is 39.9 Å². The molecule has 0 bridgehead atoms. The van der Waals surface area contributed by atoms with Gasteiger partial charge in [-0.3, -0.25) is 0 Å². The number of piperidine rings is 2. The van der Waals surface area contributed by atoms with Gasteiger partial charge in [-0.2, -0.15) is 0 Å². The Bertz CT molecular complexity index is 839. The standard InChI is InChI=1S/C26H40ClN3O5/c1-17(2)14-18-9-10-28-16-22(18)23-21(8-5-12-30(23)26(32)33)24(19-6-4-7-20(27)15-19)35-13-11-29-25(31)34-3/h4,6-7,15,17-18,21-24,28H,5,8-14,16H2,1-3H3,(H,29,31)(H,32,33)/t18-,21?,22+,23?,24-/m0/s1. The maximum atomic E-state index is 12.4. The van der Waals surface area contributed by atoms with Gasteiger partial charge in [0.2, 0.25) is 0 Å². The zero-order valence-corrected chi connectivity index (χ0v) is 21.8. The number of alkyl carbamates (subject to hydrolysis) is 1. The maximum Gasteiger partial charge on any atom is 0.407 e. The van der Waals surface area contributed by atoms with E-state index in [0.717, 1.165) is 44.3 Å². The highest BCUT2D eigenvalue weighted by Crippen LogP contribution is 2.44. The van der Waals surface area contributed by atoms with Crippen molar-refractivity contribution < 1.29 is 24.2 Å². The molecular formula is C26H40ClN3O5. The molecule has 3 rings (SSSR count). The van der Waals surface area contributed by atoms with Crippen LogP contribution in [0.3, 0.4) is 0 Å². The van der Waals surface area contributed by atoms with Gasteiger partial charge in [-0.25, -0.2) is 9.59 Å². The van der Waals surface area contributed by atoms with Crippen molar-refractivity contribution in [3.05, 3.63) is 34.9 Å². The first kappa shape index (κ1) is 27.6. The molecule has 9 heteroatoms. The number of nitrogens with one attached hydrogen (secondary N) is 2. The third-order valence-electron chi connectivity index (χ3n) is 7.29. The Labute approximate surface area is 213 Å². The first-order valence-corrected chi connectivity index (χ1v) is 13.1. The van der Waals surface area contributed by atoms with E-state index in [-0.39, 0.29) is 30.6 Å². The van der Waals surface area contributed by atoms with Crippen LogP contribution in [-0.4, -0.2) is 68.1 Å². The first-order chi connectivity index (χ1) is 16.8. The molecular weight excluding hydrogens is 470 g/mol. The van der Waals surface area contributed by atoms with Crippen LogP contribution in [-0.2, 0) is 9.47 Å². The van der Waals surface area contributed by atoms with Crippen molar-refractivity contribution in [3.63, 3.8) is 0 Å². The van der Waals surface area contributed by atoms with Gasteiger partial charge in [-0.15, -0.1) is 0 Å². The molecule has 2 saturated heterocycles. The summed E-state index contributed by atoms with van der Waals surface area (Å²) in [6, 6.07) is 7.45. The van der Waals surface area contributed by atoms with E-state index < -0.39 is 12.2 Å². The van der Waals surface area contributed by atoms with Crippen molar-refractivity contribution in [2.45, 2.75) is 51.7 Å². The Morgan fingerprint density at radius 2 is 2.11 bits per heavy atom. The maximum absolute atomic E-state index is 12.4. The van der Waals surface area contributed by atoms with Gasteiger partial charge in [0.15, 0.2) is 0 Å². The predicted octanol–water partition coefficient (Wildman–Crippen LogP) is 4.78. The molecule has 35 heavy (non-hydrogen) atoms. The molecule has 0 saturated carbocycles. The summed E-state index contributed by atoms with van der Waals surface area (Å²) in [4.78, 5) is 25.6. The normalized spacial score (nSPS) is 25.8. The molecule has 2 aliphatic rings. The third-order valence-corrected chi connectivity index (χ3v) is 7.53. The number of ether oxygens (including phenoxy) is 2. The lowest BCUT2D eigenvalue weighted by Crippen LogP contribution is -2.58. The van der Waals surface area contributed by atoms with Crippen LogP contribution in [0, 0.1) is 23.7 Å². The van der Waals surface area contributed by atoms with Crippen molar-refractivity contribution in [2.24, 2.45) is 23.7 Å².